The molecule has 0 N–H and O–H groups in total. The first-order valence-electron chi connectivity index (χ1n) is 12.2. The SMILES string of the molecule is COc1ccc(C2OCC3OC(OC)C(OCc4ccccc4)C(OCc4ccccc4)C3O2)cc1. The van der Waals surface area contributed by atoms with Gasteiger partial charge in [-0.25, -0.2) is 0 Å². The molecule has 2 heterocycles. The van der Waals surface area contributed by atoms with Crippen molar-refractivity contribution in [3.63, 3.8) is 0 Å². The maximum atomic E-state index is 6.51. The molecule has 190 valence electrons. The standard InChI is InChI=1S/C29H32O7/c1-30-23-15-13-22(14-16-23)28-34-19-24-25(36-28)26(32-17-20-9-5-3-6-10-20)27(29(31-2)35-24)33-18-21-11-7-4-8-12-21/h3-16,24-29H,17-19H2,1-2H3. The molecule has 0 bridgehead atoms. The topological polar surface area (TPSA) is 64.6 Å². The van der Waals surface area contributed by atoms with Gasteiger partial charge in [0.15, 0.2) is 12.6 Å². The van der Waals surface area contributed by atoms with Crippen LogP contribution in [-0.2, 0) is 41.6 Å². The minimum Gasteiger partial charge on any atom is -0.497 e. The van der Waals surface area contributed by atoms with Gasteiger partial charge in [-0.3, -0.25) is 0 Å². The van der Waals surface area contributed by atoms with Crippen molar-refractivity contribution in [2.45, 2.75) is 50.2 Å². The lowest BCUT2D eigenvalue weighted by molar-refractivity contribution is -0.369. The highest BCUT2D eigenvalue weighted by Crippen LogP contribution is 2.37. The smallest absolute Gasteiger partial charge is 0.186 e. The third-order valence-electron chi connectivity index (χ3n) is 6.47. The van der Waals surface area contributed by atoms with Crippen LogP contribution in [0.25, 0.3) is 0 Å². The molecule has 2 saturated heterocycles. The van der Waals surface area contributed by atoms with Gasteiger partial charge in [-0.05, 0) is 23.3 Å². The fourth-order valence-electron chi connectivity index (χ4n) is 4.57. The van der Waals surface area contributed by atoms with Crippen molar-refractivity contribution in [3.8, 4) is 5.75 Å². The average molecular weight is 493 g/mol. The van der Waals surface area contributed by atoms with Gasteiger partial charge in [-0.15, -0.1) is 0 Å². The normalized spacial score (nSPS) is 27.8. The van der Waals surface area contributed by atoms with Gasteiger partial charge >= 0.3 is 0 Å². The second kappa shape index (κ2) is 12.0. The first-order valence-corrected chi connectivity index (χ1v) is 12.2. The monoisotopic (exact) mass is 492 g/mol. The predicted molar refractivity (Wildman–Crippen MR) is 132 cm³/mol. The largest absolute Gasteiger partial charge is 0.497 e. The zero-order valence-electron chi connectivity index (χ0n) is 20.5. The summed E-state index contributed by atoms with van der Waals surface area (Å²) >= 11 is 0. The first kappa shape index (κ1) is 24.9. The van der Waals surface area contributed by atoms with Gasteiger partial charge in [0.25, 0.3) is 0 Å². The van der Waals surface area contributed by atoms with Crippen LogP contribution in [0, 0.1) is 0 Å². The first-order chi connectivity index (χ1) is 17.7. The van der Waals surface area contributed by atoms with Gasteiger partial charge in [-0.2, -0.15) is 0 Å². The predicted octanol–water partition coefficient (Wildman–Crippen LogP) is 4.65. The van der Waals surface area contributed by atoms with Gasteiger partial charge in [-0.1, -0.05) is 72.8 Å². The van der Waals surface area contributed by atoms with E-state index in [4.69, 9.17) is 33.2 Å². The Bertz CT molecular complexity index is 1060. The summed E-state index contributed by atoms with van der Waals surface area (Å²) in [5.74, 6) is 0.773. The summed E-state index contributed by atoms with van der Waals surface area (Å²) in [7, 11) is 3.26. The summed E-state index contributed by atoms with van der Waals surface area (Å²) in [6, 6.07) is 27.7. The van der Waals surface area contributed by atoms with Gasteiger partial charge in [0.1, 0.15) is 30.2 Å². The van der Waals surface area contributed by atoms with Crippen molar-refractivity contribution in [1.82, 2.24) is 0 Å². The van der Waals surface area contributed by atoms with Crippen LogP contribution in [0.3, 0.4) is 0 Å². The molecule has 2 aliphatic heterocycles. The number of rotatable bonds is 9. The van der Waals surface area contributed by atoms with E-state index >= 15 is 0 Å². The lowest BCUT2D eigenvalue weighted by atomic mass is 9.97. The highest BCUT2D eigenvalue weighted by Gasteiger charge is 2.51. The number of methoxy groups -OCH3 is 2. The van der Waals surface area contributed by atoms with Crippen LogP contribution in [0.2, 0.25) is 0 Å². The Hall–Kier alpha value is -2.78. The summed E-state index contributed by atoms with van der Waals surface area (Å²) < 4.78 is 42.6. The van der Waals surface area contributed by atoms with Crippen LogP contribution in [-0.4, -0.2) is 51.5 Å². The minimum atomic E-state index is -0.625. The highest BCUT2D eigenvalue weighted by atomic mass is 16.8. The number of benzene rings is 3. The maximum Gasteiger partial charge on any atom is 0.186 e. The molecule has 0 aliphatic carbocycles. The van der Waals surface area contributed by atoms with Crippen LogP contribution in [0.4, 0.5) is 0 Å². The minimum absolute atomic E-state index is 0.345. The maximum absolute atomic E-state index is 6.51. The van der Waals surface area contributed by atoms with Crippen molar-refractivity contribution in [2.24, 2.45) is 0 Å². The molecule has 0 aromatic heterocycles. The number of ether oxygens (including phenoxy) is 7. The molecule has 5 rings (SSSR count). The zero-order chi connectivity index (χ0) is 24.7. The molecule has 6 atom stereocenters. The lowest BCUT2D eigenvalue weighted by Crippen LogP contribution is -2.63. The Labute approximate surface area is 211 Å². The van der Waals surface area contributed by atoms with Crippen molar-refractivity contribution in [2.75, 3.05) is 20.8 Å². The highest BCUT2D eigenvalue weighted by molar-refractivity contribution is 5.28. The Kier molecular flexibility index (Phi) is 8.28. The molecule has 0 spiro atoms. The molecule has 6 unspecified atom stereocenters. The Morgan fingerprint density at radius 3 is 1.92 bits per heavy atom. The van der Waals surface area contributed by atoms with Gasteiger partial charge in [0, 0.05) is 12.7 Å². The van der Waals surface area contributed by atoms with E-state index in [1.54, 1.807) is 14.2 Å². The molecule has 3 aromatic carbocycles. The van der Waals surface area contributed by atoms with E-state index in [1.165, 1.54) is 0 Å². The molecule has 0 saturated carbocycles. The molecule has 7 nitrogen and oxygen atoms in total. The fourth-order valence-corrected chi connectivity index (χ4v) is 4.57. The fraction of sp³-hybridized carbons (Fsp3) is 0.379. The zero-order valence-corrected chi connectivity index (χ0v) is 20.5. The van der Waals surface area contributed by atoms with E-state index in [0.29, 0.717) is 19.8 Å². The molecule has 2 fully saturated rings. The molecule has 0 radical (unpaired) electrons. The van der Waals surface area contributed by atoms with E-state index in [-0.39, 0.29) is 6.10 Å². The number of fused-ring (bicyclic) bond motifs is 1. The summed E-state index contributed by atoms with van der Waals surface area (Å²) in [5, 5.41) is 0. The Morgan fingerprint density at radius 1 is 0.722 bits per heavy atom. The molecule has 3 aromatic rings. The van der Waals surface area contributed by atoms with Crippen LogP contribution in [0.15, 0.2) is 84.9 Å². The lowest BCUT2D eigenvalue weighted by Gasteiger charge is -2.48. The number of hydrogen-bond donors (Lipinski definition) is 0. The van der Waals surface area contributed by atoms with E-state index < -0.39 is 30.9 Å². The Balaban J connectivity index is 1.38. The van der Waals surface area contributed by atoms with Crippen LogP contribution >= 0.6 is 0 Å². The summed E-state index contributed by atoms with van der Waals surface area (Å²) in [6.07, 6.45) is -2.90. The second-order valence-electron chi connectivity index (χ2n) is 8.84. The van der Waals surface area contributed by atoms with Crippen molar-refractivity contribution >= 4 is 0 Å². The van der Waals surface area contributed by atoms with E-state index in [0.717, 1.165) is 22.4 Å². The van der Waals surface area contributed by atoms with Crippen LogP contribution in [0.5, 0.6) is 5.75 Å². The summed E-state index contributed by atoms with van der Waals surface area (Å²) in [6.45, 7) is 1.15. The van der Waals surface area contributed by atoms with Crippen LogP contribution < -0.4 is 4.74 Å². The quantitative estimate of drug-likeness (QED) is 0.431. The van der Waals surface area contributed by atoms with E-state index in [1.807, 2.05) is 84.9 Å². The third kappa shape index (κ3) is 5.78. The molecular weight excluding hydrogens is 460 g/mol. The number of hydrogen-bond acceptors (Lipinski definition) is 7. The van der Waals surface area contributed by atoms with E-state index in [2.05, 4.69) is 0 Å². The van der Waals surface area contributed by atoms with Crippen LogP contribution in [0.1, 0.15) is 23.0 Å². The Morgan fingerprint density at radius 2 is 1.33 bits per heavy atom. The molecule has 2 aliphatic rings. The molecule has 0 amide bonds. The van der Waals surface area contributed by atoms with Crippen molar-refractivity contribution in [1.29, 1.82) is 0 Å². The van der Waals surface area contributed by atoms with Gasteiger partial charge in [0.2, 0.25) is 0 Å². The van der Waals surface area contributed by atoms with Crippen molar-refractivity contribution in [3.05, 3.63) is 102 Å². The summed E-state index contributed by atoms with van der Waals surface area (Å²) in [5.41, 5.74) is 3.02. The molecule has 7 heteroatoms. The second-order valence-corrected chi connectivity index (χ2v) is 8.84. The molecule has 36 heavy (non-hydrogen) atoms. The van der Waals surface area contributed by atoms with Crippen molar-refractivity contribution < 1.29 is 33.2 Å². The summed E-state index contributed by atoms with van der Waals surface area (Å²) in [4.78, 5) is 0. The van der Waals surface area contributed by atoms with Gasteiger partial charge in [0.05, 0.1) is 26.9 Å². The van der Waals surface area contributed by atoms with E-state index in [9.17, 15) is 0 Å². The van der Waals surface area contributed by atoms with Gasteiger partial charge < -0.3 is 33.2 Å². The average Bonchev–Trinajstić information content (AvgIpc) is 2.95. The molecular formula is C29H32O7. The third-order valence-corrected chi connectivity index (χ3v) is 6.47.